The number of hydrogen-bond donors (Lipinski definition) is 0. The largest absolute Gasteiger partial charge is 0.380 e. The van der Waals surface area contributed by atoms with E-state index < -0.39 is 10.0 Å². The van der Waals surface area contributed by atoms with E-state index in [9.17, 15) is 13.2 Å². The number of rotatable bonds is 4. The zero-order chi connectivity index (χ0) is 18.6. The van der Waals surface area contributed by atoms with Crippen molar-refractivity contribution in [2.45, 2.75) is 50.0 Å². The second-order valence-corrected chi connectivity index (χ2v) is 8.89. The number of carbonyl (C=O) groups excluding carboxylic acids is 1. The second kappa shape index (κ2) is 8.50. The highest BCUT2D eigenvalue weighted by Gasteiger charge is 2.29. The fourth-order valence-electron chi connectivity index (χ4n) is 3.76. The van der Waals surface area contributed by atoms with Crippen molar-refractivity contribution in [3.63, 3.8) is 0 Å². The Labute approximate surface area is 156 Å². The number of piperidine rings is 1. The molecule has 7 heteroatoms. The van der Waals surface area contributed by atoms with Crippen LogP contribution in [0.2, 0.25) is 0 Å². The molecule has 26 heavy (non-hydrogen) atoms. The Balaban J connectivity index is 1.84. The minimum Gasteiger partial charge on any atom is -0.380 e. The summed E-state index contributed by atoms with van der Waals surface area (Å²) < 4.78 is 32.7. The first-order chi connectivity index (χ1) is 12.5. The van der Waals surface area contributed by atoms with Gasteiger partial charge in [0.2, 0.25) is 10.0 Å². The van der Waals surface area contributed by atoms with Crippen LogP contribution in [0.5, 0.6) is 0 Å². The molecule has 0 spiro atoms. The van der Waals surface area contributed by atoms with Crippen LogP contribution in [-0.2, 0) is 14.8 Å². The van der Waals surface area contributed by atoms with E-state index >= 15 is 0 Å². The summed E-state index contributed by atoms with van der Waals surface area (Å²) in [5, 5.41) is 0. The van der Waals surface area contributed by atoms with Crippen molar-refractivity contribution >= 4 is 15.9 Å². The highest BCUT2D eigenvalue weighted by molar-refractivity contribution is 7.89. The second-order valence-electron chi connectivity index (χ2n) is 6.95. The maximum absolute atomic E-state index is 13.0. The van der Waals surface area contributed by atoms with Gasteiger partial charge in [-0.1, -0.05) is 13.0 Å². The molecule has 1 aromatic carbocycles. The average Bonchev–Trinajstić information content (AvgIpc) is 2.97. The number of hydrogen-bond acceptors (Lipinski definition) is 4. The lowest BCUT2D eigenvalue weighted by Crippen LogP contribution is -2.43. The first-order valence-corrected chi connectivity index (χ1v) is 11.0. The lowest BCUT2D eigenvalue weighted by atomic mass is 9.99. The minimum absolute atomic E-state index is 0.0622. The summed E-state index contributed by atoms with van der Waals surface area (Å²) in [4.78, 5) is 15.1. The number of ether oxygens (including phenoxy) is 1. The van der Waals surface area contributed by atoms with E-state index in [4.69, 9.17) is 4.74 Å². The summed E-state index contributed by atoms with van der Waals surface area (Å²) in [7, 11) is -3.61. The smallest absolute Gasteiger partial charge is 0.254 e. The predicted molar refractivity (Wildman–Crippen MR) is 99.6 cm³/mol. The van der Waals surface area contributed by atoms with Crippen LogP contribution in [0.4, 0.5) is 0 Å². The lowest BCUT2D eigenvalue weighted by molar-refractivity contribution is 0.0608. The van der Waals surface area contributed by atoms with Gasteiger partial charge < -0.3 is 9.64 Å². The standard InChI is InChI=1S/C19H28N2O4S/c1-2-17-8-3-4-11-21(17)19(22)16-7-5-9-18(15-16)26(23,24)20-10-6-13-25-14-12-20/h5,7,9,15,17H,2-4,6,8,10-14H2,1H3/t17-/m0/s1. The van der Waals surface area contributed by atoms with E-state index in [1.54, 1.807) is 18.2 Å². The normalized spacial score (nSPS) is 22.8. The minimum atomic E-state index is -3.61. The van der Waals surface area contributed by atoms with Crippen LogP contribution in [-0.4, -0.2) is 62.4 Å². The van der Waals surface area contributed by atoms with Gasteiger partial charge in [0, 0.05) is 37.8 Å². The first kappa shape index (κ1) is 19.3. The predicted octanol–water partition coefficient (Wildman–Crippen LogP) is 2.50. The quantitative estimate of drug-likeness (QED) is 0.805. The molecule has 2 aliphatic heterocycles. The molecule has 2 aliphatic rings. The van der Waals surface area contributed by atoms with Gasteiger partial charge in [-0.25, -0.2) is 8.42 Å². The molecule has 0 unspecified atom stereocenters. The fraction of sp³-hybridized carbons (Fsp3) is 0.632. The number of carbonyl (C=O) groups is 1. The van der Waals surface area contributed by atoms with Gasteiger partial charge in [0.1, 0.15) is 0 Å². The first-order valence-electron chi connectivity index (χ1n) is 9.53. The number of nitrogens with zero attached hydrogens (tertiary/aromatic N) is 2. The van der Waals surface area contributed by atoms with Gasteiger partial charge in [-0.05, 0) is 50.3 Å². The Bertz CT molecular complexity index is 727. The summed E-state index contributed by atoms with van der Waals surface area (Å²) in [5.74, 6) is -0.0622. The molecule has 0 aromatic heterocycles. The molecule has 0 bridgehead atoms. The molecule has 2 fully saturated rings. The maximum atomic E-state index is 13.0. The van der Waals surface area contributed by atoms with E-state index in [0.717, 1.165) is 32.2 Å². The van der Waals surface area contributed by atoms with E-state index in [1.807, 2.05) is 4.90 Å². The molecule has 3 rings (SSSR count). The Hall–Kier alpha value is -1.44. The lowest BCUT2D eigenvalue weighted by Gasteiger charge is -2.35. The average molecular weight is 381 g/mol. The zero-order valence-electron chi connectivity index (χ0n) is 15.4. The molecule has 2 heterocycles. The summed E-state index contributed by atoms with van der Waals surface area (Å²) >= 11 is 0. The molecule has 0 saturated carbocycles. The fourth-order valence-corrected chi connectivity index (χ4v) is 5.27. The molecule has 2 saturated heterocycles. The summed E-state index contributed by atoms with van der Waals surface area (Å²) in [6.45, 7) is 4.63. The van der Waals surface area contributed by atoms with Gasteiger partial charge in [0.15, 0.2) is 0 Å². The molecule has 144 valence electrons. The molecule has 1 atom stereocenters. The molecule has 0 radical (unpaired) electrons. The van der Waals surface area contributed by atoms with Crippen LogP contribution >= 0.6 is 0 Å². The van der Waals surface area contributed by atoms with Crippen molar-refractivity contribution in [1.29, 1.82) is 0 Å². The highest BCUT2D eigenvalue weighted by Crippen LogP contribution is 2.24. The van der Waals surface area contributed by atoms with Gasteiger partial charge in [0.05, 0.1) is 11.5 Å². The van der Waals surface area contributed by atoms with Crippen molar-refractivity contribution < 1.29 is 17.9 Å². The van der Waals surface area contributed by atoms with Crippen LogP contribution < -0.4 is 0 Å². The van der Waals surface area contributed by atoms with Gasteiger partial charge in [-0.3, -0.25) is 4.79 Å². The van der Waals surface area contributed by atoms with Crippen LogP contribution in [0.3, 0.4) is 0 Å². The van der Waals surface area contributed by atoms with Crippen LogP contribution in [0.1, 0.15) is 49.4 Å². The molecular weight excluding hydrogens is 352 g/mol. The third kappa shape index (κ3) is 4.10. The van der Waals surface area contributed by atoms with Gasteiger partial charge in [0.25, 0.3) is 5.91 Å². The van der Waals surface area contributed by atoms with E-state index in [1.165, 1.54) is 10.4 Å². The third-order valence-corrected chi connectivity index (χ3v) is 7.15. The summed E-state index contributed by atoms with van der Waals surface area (Å²) in [5.41, 5.74) is 0.456. The third-order valence-electron chi connectivity index (χ3n) is 5.26. The van der Waals surface area contributed by atoms with Gasteiger partial charge in [-0.2, -0.15) is 4.31 Å². The highest BCUT2D eigenvalue weighted by atomic mass is 32.2. The SMILES string of the molecule is CC[C@H]1CCCCN1C(=O)c1cccc(S(=O)(=O)N2CCCOCC2)c1. The van der Waals surface area contributed by atoms with Crippen LogP contribution in [0.25, 0.3) is 0 Å². The van der Waals surface area contributed by atoms with E-state index in [2.05, 4.69) is 6.92 Å². The van der Waals surface area contributed by atoms with Crippen molar-refractivity contribution in [2.24, 2.45) is 0 Å². The molecule has 1 aromatic rings. The number of benzene rings is 1. The van der Waals surface area contributed by atoms with Gasteiger partial charge >= 0.3 is 0 Å². The molecule has 0 N–H and O–H groups in total. The Morgan fingerprint density at radius 2 is 2.00 bits per heavy atom. The van der Waals surface area contributed by atoms with Crippen LogP contribution in [0.15, 0.2) is 29.2 Å². The number of sulfonamides is 1. The van der Waals surface area contributed by atoms with Crippen molar-refractivity contribution in [1.82, 2.24) is 9.21 Å². The van der Waals surface area contributed by atoms with E-state index in [-0.39, 0.29) is 16.8 Å². The molecule has 0 aliphatic carbocycles. The zero-order valence-corrected chi connectivity index (χ0v) is 16.2. The van der Waals surface area contributed by atoms with Crippen molar-refractivity contribution in [3.8, 4) is 0 Å². The summed E-state index contributed by atoms with van der Waals surface area (Å²) in [6.07, 6.45) is 4.79. The van der Waals surface area contributed by atoms with E-state index in [0.29, 0.717) is 38.3 Å². The molecule has 1 amide bonds. The Morgan fingerprint density at radius 1 is 1.15 bits per heavy atom. The molecular formula is C19H28N2O4S. The maximum Gasteiger partial charge on any atom is 0.254 e. The Kier molecular flexibility index (Phi) is 6.32. The summed E-state index contributed by atoms with van der Waals surface area (Å²) in [6, 6.07) is 6.74. The number of likely N-dealkylation sites (tertiary alicyclic amines) is 1. The van der Waals surface area contributed by atoms with Crippen molar-refractivity contribution in [3.05, 3.63) is 29.8 Å². The number of amides is 1. The monoisotopic (exact) mass is 380 g/mol. The Morgan fingerprint density at radius 3 is 2.81 bits per heavy atom. The van der Waals surface area contributed by atoms with Gasteiger partial charge in [-0.15, -0.1) is 0 Å². The van der Waals surface area contributed by atoms with Crippen LogP contribution in [0, 0.1) is 0 Å². The van der Waals surface area contributed by atoms with Crippen molar-refractivity contribution in [2.75, 3.05) is 32.8 Å². The topological polar surface area (TPSA) is 66.9 Å². The molecule has 6 nitrogen and oxygen atoms in total.